The molecule has 1 aliphatic carbocycles. The van der Waals surface area contributed by atoms with E-state index < -0.39 is 5.67 Å². The molecule has 1 aliphatic heterocycles. The lowest BCUT2D eigenvalue weighted by atomic mass is 9.93. The predicted molar refractivity (Wildman–Crippen MR) is 88.2 cm³/mol. The van der Waals surface area contributed by atoms with Gasteiger partial charge < -0.3 is 10.2 Å². The van der Waals surface area contributed by atoms with Crippen LogP contribution in [0.25, 0.3) is 0 Å². The summed E-state index contributed by atoms with van der Waals surface area (Å²) in [6, 6.07) is 10.4. The van der Waals surface area contributed by atoms with Crippen molar-refractivity contribution in [3.63, 3.8) is 0 Å². The maximum Gasteiger partial charge on any atom is 0.219 e. The van der Waals surface area contributed by atoms with Gasteiger partial charge in [-0.2, -0.15) is 0 Å². The molecule has 2 unspecified atom stereocenters. The first kappa shape index (κ1) is 17.2. The summed E-state index contributed by atoms with van der Waals surface area (Å²) in [7, 11) is 0. The van der Waals surface area contributed by atoms with E-state index in [9.17, 15) is 9.18 Å². The minimum atomic E-state index is -1.22. The van der Waals surface area contributed by atoms with Crippen LogP contribution in [0, 0.1) is 0 Å². The van der Waals surface area contributed by atoms with Crippen LogP contribution >= 0.6 is 12.4 Å². The number of hydrogen-bond acceptors (Lipinski definition) is 2. The van der Waals surface area contributed by atoms with Crippen molar-refractivity contribution in [1.82, 2.24) is 10.2 Å². The van der Waals surface area contributed by atoms with E-state index in [0.29, 0.717) is 31.8 Å². The molecular weight excluding hydrogens is 303 g/mol. The Morgan fingerprint density at radius 2 is 1.95 bits per heavy atom. The Morgan fingerprint density at radius 1 is 1.32 bits per heavy atom. The van der Waals surface area contributed by atoms with Gasteiger partial charge in [0.05, 0.1) is 6.54 Å². The quantitative estimate of drug-likeness (QED) is 0.922. The van der Waals surface area contributed by atoms with E-state index in [4.69, 9.17) is 0 Å². The molecule has 0 spiro atoms. The highest BCUT2D eigenvalue weighted by atomic mass is 35.5. The van der Waals surface area contributed by atoms with E-state index >= 15 is 0 Å². The van der Waals surface area contributed by atoms with Crippen LogP contribution in [0.15, 0.2) is 30.3 Å². The Hall–Kier alpha value is -1.13. The molecule has 2 atom stereocenters. The van der Waals surface area contributed by atoms with Crippen LogP contribution in [-0.2, 0) is 4.79 Å². The molecule has 2 aliphatic rings. The lowest BCUT2D eigenvalue weighted by Gasteiger charge is -2.35. The third-order valence-electron chi connectivity index (χ3n) is 4.74. The molecule has 0 bridgehead atoms. The molecule has 1 saturated carbocycles. The number of alkyl halides is 1. The number of nitrogens with zero attached hydrogens (tertiary/aromatic N) is 1. The SMILES string of the molecule is CC(=O)N(CC1(F)CCNCC1)C1CC1c1ccccc1.Cl. The Kier molecular flexibility index (Phi) is 5.45. The van der Waals surface area contributed by atoms with Gasteiger partial charge in [-0.3, -0.25) is 4.79 Å². The van der Waals surface area contributed by atoms with Gasteiger partial charge >= 0.3 is 0 Å². The third kappa shape index (κ3) is 3.79. The maximum atomic E-state index is 14.9. The van der Waals surface area contributed by atoms with E-state index in [2.05, 4.69) is 17.4 Å². The third-order valence-corrected chi connectivity index (χ3v) is 4.74. The summed E-state index contributed by atoms with van der Waals surface area (Å²) in [6.07, 6.45) is 1.96. The van der Waals surface area contributed by atoms with Gasteiger partial charge in [0, 0.05) is 18.9 Å². The number of rotatable bonds is 4. The Bertz CT molecular complexity index is 505. The first-order chi connectivity index (χ1) is 10.1. The molecule has 1 aromatic rings. The number of carbonyl (C=O) groups is 1. The van der Waals surface area contributed by atoms with Crippen molar-refractivity contribution in [2.45, 2.75) is 43.8 Å². The molecule has 22 heavy (non-hydrogen) atoms. The minimum absolute atomic E-state index is 0. The highest BCUT2D eigenvalue weighted by molar-refractivity contribution is 5.85. The lowest BCUT2D eigenvalue weighted by molar-refractivity contribution is -0.132. The van der Waals surface area contributed by atoms with Crippen LogP contribution in [0.2, 0.25) is 0 Å². The van der Waals surface area contributed by atoms with Gasteiger partial charge in [0.2, 0.25) is 5.91 Å². The largest absolute Gasteiger partial charge is 0.336 e. The fourth-order valence-corrected chi connectivity index (χ4v) is 3.38. The average Bonchev–Trinajstić information content (AvgIpc) is 3.26. The fourth-order valence-electron chi connectivity index (χ4n) is 3.38. The van der Waals surface area contributed by atoms with Crippen molar-refractivity contribution in [2.24, 2.45) is 0 Å². The zero-order valence-electron chi connectivity index (χ0n) is 12.9. The van der Waals surface area contributed by atoms with Gasteiger partial charge in [-0.25, -0.2) is 4.39 Å². The highest BCUT2D eigenvalue weighted by Crippen LogP contribution is 2.45. The van der Waals surface area contributed by atoms with E-state index in [1.54, 1.807) is 11.8 Å². The number of carbonyl (C=O) groups excluding carboxylic acids is 1. The Balaban J connectivity index is 0.00000176. The van der Waals surface area contributed by atoms with Crippen molar-refractivity contribution >= 4 is 18.3 Å². The van der Waals surface area contributed by atoms with Crippen LogP contribution in [0.3, 0.4) is 0 Å². The molecule has 1 heterocycles. The summed E-state index contributed by atoms with van der Waals surface area (Å²) >= 11 is 0. The van der Waals surface area contributed by atoms with E-state index in [1.165, 1.54) is 5.56 Å². The molecule has 122 valence electrons. The van der Waals surface area contributed by atoms with E-state index in [-0.39, 0.29) is 30.9 Å². The van der Waals surface area contributed by atoms with Crippen molar-refractivity contribution in [2.75, 3.05) is 19.6 Å². The smallest absolute Gasteiger partial charge is 0.219 e. The molecule has 1 saturated heterocycles. The van der Waals surface area contributed by atoms with E-state index in [0.717, 1.165) is 6.42 Å². The normalized spacial score (nSPS) is 25.9. The monoisotopic (exact) mass is 326 g/mol. The van der Waals surface area contributed by atoms with Gasteiger partial charge in [-0.05, 0) is 37.9 Å². The van der Waals surface area contributed by atoms with Crippen molar-refractivity contribution in [3.8, 4) is 0 Å². The van der Waals surface area contributed by atoms with Crippen LogP contribution in [0.5, 0.6) is 0 Å². The van der Waals surface area contributed by atoms with Crippen molar-refractivity contribution in [3.05, 3.63) is 35.9 Å². The van der Waals surface area contributed by atoms with Gasteiger partial charge in [-0.15, -0.1) is 12.4 Å². The molecule has 3 nitrogen and oxygen atoms in total. The highest BCUT2D eigenvalue weighted by Gasteiger charge is 2.47. The van der Waals surface area contributed by atoms with Crippen molar-refractivity contribution < 1.29 is 9.18 Å². The van der Waals surface area contributed by atoms with Crippen LogP contribution in [0.1, 0.15) is 37.7 Å². The molecule has 0 aromatic heterocycles. The van der Waals surface area contributed by atoms with Gasteiger partial charge in [0.1, 0.15) is 5.67 Å². The fraction of sp³-hybridized carbons (Fsp3) is 0.588. The predicted octanol–water partition coefficient (Wildman–Crippen LogP) is 2.90. The second kappa shape index (κ2) is 6.97. The van der Waals surface area contributed by atoms with Gasteiger partial charge in [0.15, 0.2) is 0 Å². The lowest BCUT2D eigenvalue weighted by Crippen LogP contribution is -2.49. The molecular formula is C17H24ClFN2O. The summed E-state index contributed by atoms with van der Waals surface area (Å²) in [5.74, 6) is 0.370. The minimum Gasteiger partial charge on any atom is -0.336 e. The van der Waals surface area contributed by atoms with Gasteiger partial charge in [0.25, 0.3) is 0 Å². The molecule has 1 aromatic carbocycles. The molecule has 5 heteroatoms. The maximum absolute atomic E-state index is 14.9. The van der Waals surface area contributed by atoms with Gasteiger partial charge in [-0.1, -0.05) is 30.3 Å². The summed E-state index contributed by atoms with van der Waals surface area (Å²) in [4.78, 5) is 13.7. The number of nitrogens with one attached hydrogen (secondary N) is 1. The van der Waals surface area contributed by atoms with Crippen LogP contribution in [0.4, 0.5) is 4.39 Å². The second-order valence-corrected chi connectivity index (χ2v) is 6.37. The standard InChI is InChI=1S/C17H23FN2O.ClH/c1-13(21)20(12-17(18)7-9-19-10-8-17)16-11-15(16)14-5-3-2-4-6-14;/h2-6,15-16,19H,7-12H2,1H3;1H. The molecule has 1 N–H and O–H groups in total. The molecule has 1 amide bonds. The van der Waals surface area contributed by atoms with Crippen LogP contribution in [-0.4, -0.2) is 42.2 Å². The summed E-state index contributed by atoms with van der Waals surface area (Å²) < 4.78 is 14.9. The van der Waals surface area contributed by atoms with Crippen molar-refractivity contribution in [1.29, 1.82) is 0 Å². The number of hydrogen-bond donors (Lipinski definition) is 1. The zero-order chi connectivity index (χ0) is 14.9. The number of piperidine rings is 1. The topological polar surface area (TPSA) is 32.3 Å². The van der Waals surface area contributed by atoms with Crippen LogP contribution < -0.4 is 5.32 Å². The number of amides is 1. The Labute approximate surface area is 137 Å². The average molecular weight is 327 g/mol. The number of halogens is 2. The Morgan fingerprint density at radius 3 is 2.55 bits per heavy atom. The molecule has 2 fully saturated rings. The zero-order valence-corrected chi connectivity index (χ0v) is 13.7. The molecule has 0 radical (unpaired) electrons. The molecule has 3 rings (SSSR count). The summed E-state index contributed by atoms with van der Waals surface area (Å²) in [6.45, 7) is 3.22. The number of benzene rings is 1. The summed E-state index contributed by atoms with van der Waals surface area (Å²) in [5, 5.41) is 3.18. The second-order valence-electron chi connectivity index (χ2n) is 6.37. The summed E-state index contributed by atoms with van der Waals surface area (Å²) in [5.41, 5.74) is 0.0350. The first-order valence-electron chi connectivity index (χ1n) is 7.81. The van der Waals surface area contributed by atoms with E-state index in [1.807, 2.05) is 18.2 Å². The first-order valence-corrected chi connectivity index (χ1v) is 7.81.